The highest BCUT2D eigenvalue weighted by atomic mass is 19.1. The van der Waals surface area contributed by atoms with Crippen molar-refractivity contribution in [2.75, 3.05) is 0 Å². The predicted molar refractivity (Wildman–Crippen MR) is 61.0 cm³/mol. The Balaban J connectivity index is 2.19. The summed E-state index contributed by atoms with van der Waals surface area (Å²) in [6, 6.07) is 2.73. The predicted octanol–water partition coefficient (Wildman–Crippen LogP) is 1.64. The number of hydrogen-bond donors (Lipinski definition) is 2. The molecule has 0 radical (unpaired) electrons. The van der Waals surface area contributed by atoms with Crippen LogP contribution < -0.4 is 10.5 Å². The van der Waals surface area contributed by atoms with Gasteiger partial charge in [0, 0.05) is 18.2 Å². The molecule has 0 aliphatic carbocycles. The van der Waals surface area contributed by atoms with Gasteiger partial charge in [-0.25, -0.2) is 18.7 Å². The van der Waals surface area contributed by atoms with Gasteiger partial charge in [-0.15, -0.1) is 0 Å². The Bertz CT molecular complexity index is 596. The summed E-state index contributed by atoms with van der Waals surface area (Å²) < 4.78 is 31.0. The zero-order valence-electron chi connectivity index (χ0n) is 9.42. The fourth-order valence-corrected chi connectivity index (χ4v) is 1.26. The van der Waals surface area contributed by atoms with Gasteiger partial charge in [0.25, 0.3) is 0 Å². The maximum atomic E-state index is 12.9. The molecular formula is C11H8F2N4O2. The molecule has 1 aromatic heterocycles. The van der Waals surface area contributed by atoms with Crippen molar-refractivity contribution in [2.45, 2.75) is 0 Å². The van der Waals surface area contributed by atoms with Gasteiger partial charge in [0.15, 0.2) is 5.84 Å². The van der Waals surface area contributed by atoms with Crippen molar-refractivity contribution in [3.63, 3.8) is 0 Å². The third-order valence-corrected chi connectivity index (χ3v) is 2.06. The molecule has 2 aromatic rings. The minimum Gasteiger partial charge on any atom is -0.437 e. The Kier molecular flexibility index (Phi) is 3.51. The molecule has 0 fully saturated rings. The van der Waals surface area contributed by atoms with Gasteiger partial charge >= 0.3 is 0 Å². The van der Waals surface area contributed by atoms with E-state index in [0.717, 1.165) is 18.2 Å². The molecule has 19 heavy (non-hydrogen) atoms. The Morgan fingerprint density at radius 3 is 2.37 bits per heavy atom. The molecule has 0 aliphatic rings. The summed E-state index contributed by atoms with van der Waals surface area (Å²) in [5.74, 6) is -1.79. The largest absolute Gasteiger partial charge is 0.437 e. The highest BCUT2D eigenvalue weighted by Crippen LogP contribution is 2.20. The summed E-state index contributed by atoms with van der Waals surface area (Å²) in [6.07, 6.45) is 2.37. The first kappa shape index (κ1) is 12.7. The topological polar surface area (TPSA) is 93.6 Å². The Hall–Kier alpha value is -2.77. The van der Waals surface area contributed by atoms with Crippen molar-refractivity contribution in [3.8, 4) is 11.6 Å². The van der Waals surface area contributed by atoms with Crippen LogP contribution in [-0.2, 0) is 0 Å². The monoisotopic (exact) mass is 266 g/mol. The van der Waals surface area contributed by atoms with Crippen LogP contribution in [0.5, 0.6) is 11.6 Å². The van der Waals surface area contributed by atoms with Crippen LogP contribution >= 0.6 is 0 Å². The molecule has 0 unspecified atom stereocenters. The molecule has 0 spiro atoms. The molecule has 2 rings (SSSR count). The zero-order valence-corrected chi connectivity index (χ0v) is 9.42. The van der Waals surface area contributed by atoms with E-state index in [2.05, 4.69) is 15.1 Å². The van der Waals surface area contributed by atoms with E-state index in [0.29, 0.717) is 0 Å². The summed E-state index contributed by atoms with van der Waals surface area (Å²) in [5.41, 5.74) is 5.43. The van der Waals surface area contributed by atoms with Crippen LogP contribution in [0.2, 0.25) is 0 Å². The zero-order chi connectivity index (χ0) is 13.8. The van der Waals surface area contributed by atoms with Gasteiger partial charge in [-0.05, 0) is 0 Å². The first-order valence-electron chi connectivity index (χ1n) is 5.02. The fraction of sp³-hybridized carbons (Fsp3) is 0. The van der Waals surface area contributed by atoms with Crippen molar-refractivity contribution in [1.82, 2.24) is 9.97 Å². The molecule has 0 saturated carbocycles. The van der Waals surface area contributed by atoms with Crippen LogP contribution in [0.25, 0.3) is 0 Å². The molecule has 1 heterocycles. The first-order chi connectivity index (χ1) is 9.08. The average Bonchev–Trinajstić information content (AvgIpc) is 2.37. The van der Waals surface area contributed by atoms with E-state index in [1.165, 1.54) is 12.4 Å². The van der Waals surface area contributed by atoms with Crippen LogP contribution in [0.1, 0.15) is 5.69 Å². The third kappa shape index (κ3) is 3.12. The second-order valence-corrected chi connectivity index (χ2v) is 3.43. The number of amidine groups is 1. The van der Waals surface area contributed by atoms with Crippen LogP contribution in [-0.4, -0.2) is 21.0 Å². The second kappa shape index (κ2) is 5.25. The maximum absolute atomic E-state index is 12.9. The van der Waals surface area contributed by atoms with E-state index in [-0.39, 0.29) is 23.2 Å². The molecule has 6 nitrogen and oxygen atoms in total. The lowest BCUT2D eigenvalue weighted by atomic mass is 10.3. The first-order valence-corrected chi connectivity index (χ1v) is 5.02. The Morgan fingerprint density at radius 1 is 1.16 bits per heavy atom. The van der Waals surface area contributed by atoms with E-state index in [1.54, 1.807) is 0 Å². The van der Waals surface area contributed by atoms with Crippen LogP contribution in [0, 0.1) is 11.6 Å². The van der Waals surface area contributed by atoms with Crippen molar-refractivity contribution >= 4 is 5.84 Å². The number of halogens is 2. The van der Waals surface area contributed by atoms with Gasteiger partial charge in [-0.2, -0.15) is 0 Å². The Morgan fingerprint density at radius 2 is 1.84 bits per heavy atom. The molecule has 0 bridgehead atoms. The summed E-state index contributed by atoms with van der Waals surface area (Å²) >= 11 is 0. The van der Waals surface area contributed by atoms with E-state index < -0.39 is 11.6 Å². The van der Waals surface area contributed by atoms with Crippen LogP contribution in [0.4, 0.5) is 8.78 Å². The number of aromatic nitrogens is 2. The van der Waals surface area contributed by atoms with Gasteiger partial charge in [0.2, 0.25) is 5.88 Å². The van der Waals surface area contributed by atoms with Crippen molar-refractivity contribution < 1.29 is 18.7 Å². The number of benzene rings is 1. The SMILES string of the molecule is NC(=NO)c1cnc(Oc2cc(F)cc(F)c2)cn1. The molecule has 0 aliphatic heterocycles. The third-order valence-electron chi connectivity index (χ3n) is 2.06. The summed E-state index contributed by atoms with van der Waals surface area (Å²) in [7, 11) is 0. The quantitative estimate of drug-likeness (QED) is 0.381. The molecule has 98 valence electrons. The molecular weight excluding hydrogens is 258 g/mol. The van der Waals surface area contributed by atoms with Crippen molar-refractivity contribution in [3.05, 3.63) is 47.9 Å². The van der Waals surface area contributed by atoms with Gasteiger partial charge in [-0.1, -0.05) is 5.16 Å². The van der Waals surface area contributed by atoms with E-state index in [9.17, 15) is 8.78 Å². The molecule has 0 amide bonds. The second-order valence-electron chi connectivity index (χ2n) is 3.43. The van der Waals surface area contributed by atoms with E-state index in [4.69, 9.17) is 15.7 Å². The number of ether oxygens (including phenoxy) is 1. The minimum absolute atomic E-state index is 0.0134. The summed E-state index contributed by atoms with van der Waals surface area (Å²) in [4.78, 5) is 7.60. The van der Waals surface area contributed by atoms with Crippen molar-refractivity contribution in [1.29, 1.82) is 0 Å². The number of nitrogens with zero attached hydrogens (tertiary/aromatic N) is 3. The molecule has 0 saturated heterocycles. The maximum Gasteiger partial charge on any atom is 0.237 e. The minimum atomic E-state index is -0.767. The van der Waals surface area contributed by atoms with E-state index in [1.807, 2.05) is 0 Å². The Labute approximate surface area is 106 Å². The molecule has 0 atom stereocenters. The van der Waals surface area contributed by atoms with Gasteiger partial charge < -0.3 is 15.7 Å². The lowest BCUT2D eigenvalue weighted by molar-refractivity contribution is 0.318. The van der Waals surface area contributed by atoms with Gasteiger partial charge in [0.05, 0.1) is 12.4 Å². The van der Waals surface area contributed by atoms with Gasteiger partial charge in [0.1, 0.15) is 23.1 Å². The molecule has 1 aromatic carbocycles. The summed E-state index contributed by atoms with van der Waals surface area (Å²) in [6.45, 7) is 0. The van der Waals surface area contributed by atoms with E-state index >= 15 is 0 Å². The van der Waals surface area contributed by atoms with Crippen LogP contribution in [0.15, 0.2) is 35.7 Å². The van der Waals surface area contributed by atoms with Crippen molar-refractivity contribution in [2.24, 2.45) is 10.9 Å². The number of rotatable bonds is 3. The molecule has 3 N–H and O–H groups in total. The standard InChI is InChI=1S/C11H8F2N4O2/c12-6-1-7(13)3-8(2-6)19-10-5-15-9(4-16-10)11(14)17-18/h1-5,18H,(H2,14,17). The van der Waals surface area contributed by atoms with Gasteiger partial charge in [-0.3, -0.25) is 0 Å². The lowest BCUT2D eigenvalue weighted by Gasteiger charge is -2.05. The fourth-order valence-electron chi connectivity index (χ4n) is 1.26. The number of hydrogen-bond acceptors (Lipinski definition) is 5. The number of oxime groups is 1. The highest BCUT2D eigenvalue weighted by molar-refractivity contribution is 5.94. The normalized spacial score (nSPS) is 11.4. The highest BCUT2D eigenvalue weighted by Gasteiger charge is 2.06. The molecule has 8 heteroatoms. The smallest absolute Gasteiger partial charge is 0.237 e. The lowest BCUT2D eigenvalue weighted by Crippen LogP contribution is -2.15. The van der Waals surface area contributed by atoms with Crippen LogP contribution in [0.3, 0.4) is 0 Å². The number of nitrogens with two attached hydrogens (primary N) is 1. The summed E-state index contributed by atoms with van der Waals surface area (Å²) in [5, 5.41) is 11.2. The average molecular weight is 266 g/mol.